The highest BCUT2D eigenvalue weighted by Gasteiger charge is 2.33. The van der Waals surface area contributed by atoms with Gasteiger partial charge in [0.15, 0.2) is 5.82 Å². The smallest absolute Gasteiger partial charge is 0.291 e. The topological polar surface area (TPSA) is 67.6 Å². The minimum absolute atomic E-state index is 0.198. The van der Waals surface area contributed by atoms with Gasteiger partial charge in [-0.15, -0.1) is 23.0 Å². The summed E-state index contributed by atoms with van der Waals surface area (Å²) in [5, 5.41) is 6.28. The molecule has 1 aliphatic heterocycles. The van der Waals surface area contributed by atoms with Crippen molar-refractivity contribution in [3.05, 3.63) is 74.9 Å². The minimum Gasteiger partial charge on any atom is -0.304 e. The van der Waals surface area contributed by atoms with Crippen molar-refractivity contribution in [2.24, 2.45) is 0 Å². The third-order valence-electron chi connectivity index (χ3n) is 4.36. The zero-order valence-electron chi connectivity index (χ0n) is 14.0. The van der Waals surface area contributed by atoms with Gasteiger partial charge in [-0.1, -0.05) is 41.7 Å². The fraction of sp³-hybridized carbons (Fsp3) is 0.0526. The van der Waals surface area contributed by atoms with Crippen molar-refractivity contribution in [2.45, 2.75) is 0 Å². The van der Waals surface area contributed by atoms with Crippen LogP contribution in [-0.4, -0.2) is 27.0 Å². The fourth-order valence-corrected chi connectivity index (χ4v) is 4.86. The molecule has 5 rings (SSSR count). The van der Waals surface area contributed by atoms with Gasteiger partial charge in [-0.05, 0) is 17.5 Å². The van der Waals surface area contributed by atoms with Gasteiger partial charge >= 0.3 is 0 Å². The van der Waals surface area contributed by atoms with Crippen LogP contribution in [0, 0.1) is 0 Å². The minimum atomic E-state index is -0.316. The van der Waals surface area contributed by atoms with Crippen LogP contribution in [0.25, 0.3) is 21.2 Å². The average molecular weight is 392 g/mol. The lowest BCUT2D eigenvalue weighted by molar-refractivity contribution is -0.112. The van der Waals surface area contributed by atoms with Crippen LogP contribution in [0.1, 0.15) is 5.56 Å². The van der Waals surface area contributed by atoms with Gasteiger partial charge in [0.2, 0.25) is 4.96 Å². The number of nitrogens with zero attached hydrogens (tertiary/aromatic N) is 4. The molecule has 0 saturated heterocycles. The summed E-state index contributed by atoms with van der Waals surface area (Å²) in [6.45, 7) is 4.11. The summed E-state index contributed by atoms with van der Waals surface area (Å²) in [6.07, 6.45) is 1.67. The highest BCUT2D eigenvalue weighted by atomic mass is 32.1. The number of amides is 1. The van der Waals surface area contributed by atoms with Crippen LogP contribution in [-0.2, 0) is 4.79 Å². The summed E-state index contributed by atoms with van der Waals surface area (Å²) in [5.41, 5.74) is 1.64. The second-order valence-corrected chi connectivity index (χ2v) is 7.87. The van der Waals surface area contributed by atoms with E-state index in [2.05, 4.69) is 16.7 Å². The van der Waals surface area contributed by atoms with Gasteiger partial charge in [-0.2, -0.15) is 9.50 Å². The van der Waals surface area contributed by atoms with Crippen molar-refractivity contribution in [3.8, 4) is 10.7 Å². The molecule has 0 bridgehead atoms. The first-order valence-electron chi connectivity index (χ1n) is 8.19. The maximum atomic E-state index is 13.0. The molecule has 4 aromatic rings. The lowest BCUT2D eigenvalue weighted by Gasteiger charge is -2.13. The predicted octanol–water partition coefficient (Wildman–Crippen LogP) is 2.33. The molecule has 27 heavy (non-hydrogen) atoms. The molecule has 0 spiro atoms. The number of hydrogen-bond donors (Lipinski definition) is 0. The van der Waals surface area contributed by atoms with Gasteiger partial charge < -0.3 is 4.90 Å². The Hall–Kier alpha value is -3.10. The molecule has 0 unspecified atom stereocenters. The highest BCUT2D eigenvalue weighted by Crippen LogP contribution is 2.35. The number of carbonyl (C=O) groups excluding carboxylic acids is 1. The van der Waals surface area contributed by atoms with Crippen LogP contribution < -0.4 is 15.0 Å². The summed E-state index contributed by atoms with van der Waals surface area (Å²) in [6, 6.07) is 11.3. The third kappa shape index (κ3) is 2.30. The number of carbonyl (C=O) groups is 1. The molecule has 1 aliphatic rings. The van der Waals surface area contributed by atoms with E-state index < -0.39 is 0 Å². The Morgan fingerprint density at radius 3 is 2.74 bits per heavy atom. The molecule has 0 saturated carbocycles. The van der Waals surface area contributed by atoms with Gasteiger partial charge in [0, 0.05) is 12.1 Å². The van der Waals surface area contributed by atoms with Crippen molar-refractivity contribution >= 4 is 44.8 Å². The monoisotopic (exact) mass is 392 g/mol. The van der Waals surface area contributed by atoms with Crippen molar-refractivity contribution in [3.63, 3.8) is 0 Å². The first-order chi connectivity index (χ1) is 13.2. The van der Waals surface area contributed by atoms with Gasteiger partial charge in [-0.3, -0.25) is 9.59 Å². The first-order valence-corrected chi connectivity index (χ1v) is 9.88. The first kappa shape index (κ1) is 16.1. The number of thiazole rings is 1. The lowest BCUT2D eigenvalue weighted by Crippen LogP contribution is -2.32. The zero-order chi connectivity index (χ0) is 18.5. The Balaban J connectivity index is 1.77. The Labute approximate surface area is 161 Å². The number of para-hydroxylation sites is 1. The molecule has 0 N–H and O–H groups in total. The van der Waals surface area contributed by atoms with E-state index in [1.807, 2.05) is 41.8 Å². The molecule has 6 nitrogen and oxygen atoms in total. The molecular formula is C19H12N4O2S2. The Kier molecular flexibility index (Phi) is 3.56. The maximum absolute atomic E-state index is 13.0. The quantitative estimate of drug-likeness (QED) is 0.502. The molecule has 0 radical (unpaired) electrons. The van der Waals surface area contributed by atoms with Crippen molar-refractivity contribution in [2.75, 3.05) is 11.4 Å². The van der Waals surface area contributed by atoms with Gasteiger partial charge in [0.1, 0.15) is 4.53 Å². The van der Waals surface area contributed by atoms with Crippen LogP contribution in [0.5, 0.6) is 0 Å². The van der Waals surface area contributed by atoms with Gasteiger partial charge in [0.25, 0.3) is 11.5 Å². The van der Waals surface area contributed by atoms with Gasteiger partial charge in [0.05, 0.1) is 16.1 Å². The summed E-state index contributed by atoms with van der Waals surface area (Å²) in [4.78, 5) is 33.5. The van der Waals surface area contributed by atoms with E-state index in [4.69, 9.17) is 0 Å². The molecule has 132 valence electrons. The number of aromatic nitrogens is 3. The van der Waals surface area contributed by atoms with E-state index in [-0.39, 0.29) is 11.5 Å². The van der Waals surface area contributed by atoms with Crippen LogP contribution in [0.15, 0.2) is 59.2 Å². The molecule has 1 aromatic carbocycles. The Morgan fingerprint density at radius 1 is 1.15 bits per heavy atom. The summed E-state index contributed by atoms with van der Waals surface area (Å²) < 4.78 is 1.65. The molecule has 1 amide bonds. The van der Waals surface area contributed by atoms with E-state index in [0.29, 0.717) is 27.4 Å². The van der Waals surface area contributed by atoms with Crippen LogP contribution >= 0.6 is 22.7 Å². The number of thiophene rings is 1. The largest absolute Gasteiger partial charge is 0.304 e. The van der Waals surface area contributed by atoms with E-state index in [1.54, 1.807) is 11.0 Å². The molecule has 0 atom stereocenters. The molecule has 3 aromatic heterocycles. The maximum Gasteiger partial charge on any atom is 0.291 e. The second-order valence-electron chi connectivity index (χ2n) is 5.94. The SMILES string of the molecule is C=CCN1C(=O)/C(=c2\sc3nc(-c4cccs4)nn3c2=O)c2ccccc21. The Morgan fingerprint density at radius 2 is 2.00 bits per heavy atom. The highest BCUT2D eigenvalue weighted by molar-refractivity contribution is 7.15. The van der Waals surface area contributed by atoms with Crippen LogP contribution in [0.4, 0.5) is 5.69 Å². The summed E-state index contributed by atoms with van der Waals surface area (Å²) in [5.74, 6) is 0.326. The van der Waals surface area contributed by atoms with E-state index in [9.17, 15) is 9.59 Å². The van der Waals surface area contributed by atoms with Gasteiger partial charge in [-0.25, -0.2) is 0 Å². The van der Waals surface area contributed by atoms with Crippen LogP contribution in [0.2, 0.25) is 0 Å². The zero-order valence-corrected chi connectivity index (χ0v) is 15.6. The van der Waals surface area contributed by atoms with E-state index >= 15 is 0 Å². The molecule has 4 heterocycles. The van der Waals surface area contributed by atoms with Crippen molar-refractivity contribution in [1.82, 2.24) is 14.6 Å². The Bertz CT molecular complexity index is 1320. The number of hydrogen-bond acceptors (Lipinski definition) is 6. The summed E-state index contributed by atoms with van der Waals surface area (Å²) in [7, 11) is 0. The number of fused-ring (bicyclic) bond motifs is 2. The summed E-state index contributed by atoms with van der Waals surface area (Å²) >= 11 is 2.71. The van der Waals surface area contributed by atoms with Crippen molar-refractivity contribution < 1.29 is 4.79 Å². The number of rotatable bonds is 3. The van der Waals surface area contributed by atoms with E-state index in [0.717, 1.165) is 16.1 Å². The number of benzene rings is 1. The van der Waals surface area contributed by atoms with E-state index in [1.165, 1.54) is 27.2 Å². The lowest BCUT2D eigenvalue weighted by atomic mass is 10.1. The molecule has 8 heteroatoms. The number of anilines is 1. The molecular weight excluding hydrogens is 380 g/mol. The predicted molar refractivity (Wildman–Crippen MR) is 107 cm³/mol. The second kappa shape index (κ2) is 5.97. The fourth-order valence-electron chi connectivity index (χ4n) is 3.21. The van der Waals surface area contributed by atoms with Crippen LogP contribution in [0.3, 0.4) is 0 Å². The molecule has 0 aliphatic carbocycles. The average Bonchev–Trinajstić information content (AvgIpc) is 3.42. The van der Waals surface area contributed by atoms with Crippen molar-refractivity contribution in [1.29, 1.82) is 0 Å². The normalized spacial score (nSPS) is 15.6. The third-order valence-corrected chi connectivity index (χ3v) is 6.26. The molecule has 0 fully saturated rings. The standard InChI is InChI=1S/C19H12N4O2S2/c1-2-9-22-12-7-4-3-6-11(12)14(17(22)24)15-18(25)23-19(27-15)20-16(21-23)13-8-5-10-26-13/h2-8,10H,1,9H2/b15-14-.